The van der Waals surface area contributed by atoms with Crippen LogP contribution in [0.25, 0.3) is 11.0 Å². The Morgan fingerprint density at radius 2 is 2.25 bits per heavy atom. The fourth-order valence-corrected chi connectivity index (χ4v) is 2.18. The molecule has 0 unspecified atom stereocenters. The van der Waals surface area contributed by atoms with Gasteiger partial charge >= 0.3 is 0 Å². The van der Waals surface area contributed by atoms with Crippen molar-refractivity contribution in [2.75, 3.05) is 18.0 Å². The van der Waals surface area contributed by atoms with Crippen LogP contribution in [0.4, 0.5) is 5.69 Å². The molecule has 0 aliphatic carbocycles. The highest BCUT2D eigenvalue weighted by atomic mass is 15.1. The molecule has 0 bridgehead atoms. The molecule has 0 spiro atoms. The molecule has 2 aromatic rings. The van der Waals surface area contributed by atoms with Crippen molar-refractivity contribution in [3.05, 3.63) is 36.2 Å². The molecule has 1 N–H and O–H groups in total. The van der Waals surface area contributed by atoms with E-state index in [1.807, 2.05) is 13.0 Å². The Hall–Kier alpha value is -1.77. The molecule has 2 aromatic heterocycles. The minimum absolute atomic E-state index is 0.989. The molecule has 16 heavy (non-hydrogen) atoms. The first kappa shape index (κ1) is 9.46. The maximum Gasteiger partial charge on any atom is 0.112 e. The van der Waals surface area contributed by atoms with E-state index in [1.165, 1.54) is 5.69 Å². The Kier molecular flexibility index (Phi) is 2.17. The Balaban J connectivity index is 2.09. The Bertz CT molecular complexity index is 539. The number of rotatable bonds is 1. The van der Waals surface area contributed by atoms with Gasteiger partial charge < -0.3 is 9.88 Å². The van der Waals surface area contributed by atoms with E-state index in [9.17, 15) is 0 Å². The molecule has 3 heteroatoms. The first-order chi connectivity index (χ1) is 7.84. The van der Waals surface area contributed by atoms with E-state index < -0.39 is 0 Å². The van der Waals surface area contributed by atoms with Gasteiger partial charge in [0.1, 0.15) is 5.52 Å². The number of nitrogens with zero attached hydrogens (tertiary/aromatic N) is 2. The zero-order valence-corrected chi connectivity index (χ0v) is 9.40. The summed E-state index contributed by atoms with van der Waals surface area (Å²) in [7, 11) is 0. The number of anilines is 1. The third-order valence-corrected chi connectivity index (χ3v) is 3.04. The van der Waals surface area contributed by atoms with Gasteiger partial charge in [-0.25, -0.2) is 4.98 Å². The highest BCUT2D eigenvalue weighted by Gasteiger charge is 2.13. The summed E-state index contributed by atoms with van der Waals surface area (Å²) in [5.41, 5.74) is 4.51. The second-order valence-corrected chi connectivity index (χ2v) is 4.23. The van der Waals surface area contributed by atoms with Crippen LogP contribution in [0, 0.1) is 6.92 Å². The smallest absolute Gasteiger partial charge is 0.112 e. The summed E-state index contributed by atoms with van der Waals surface area (Å²) < 4.78 is 0. The van der Waals surface area contributed by atoms with Gasteiger partial charge in [0, 0.05) is 25.0 Å². The molecule has 3 nitrogen and oxygen atoms in total. The molecule has 0 saturated carbocycles. The highest BCUT2D eigenvalue weighted by Crippen LogP contribution is 2.26. The summed E-state index contributed by atoms with van der Waals surface area (Å²) in [6, 6.07) is 4.14. The molecule has 0 radical (unpaired) electrons. The summed E-state index contributed by atoms with van der Waals surface area (Å²) in [5.74, 6) is 0. The van der Waals surface area contributed by atoms with E-state index in [1.54, 1.807) is 0 Å². The lowest BCUT2D eigenvalue weighted by Crippen LogP contribution is -2.26. The van der Waals surface area contributed by atoms with Gasteiger partial charge in [-0.3, -0.25) is 0 Å². The topological polar surface area (TPSA) is 31.9 Å². The number of aromatic amines is 1. The Labute approximate surface area is 94.8 Å². The molecule has 3 heterocycles. The molecule has 0 aromatic carbocycles. The zero-order valence-electron chi connectivity index (χ0n) is 9.40. The Morgan fingerprint density at radius 1 is 1.31 bits per heavy atom. The van der Waals surface area contributed by atoms with Crippen molar-refractivity contribution in [2.24, 2.45) is 0 Å². The zero-order chi connectivity index (χ0) is 11.0. The van der Waals surface area contributed by atoms with E-state index in [0.717, 1.165) is 36.2 Å². The van der Waals surface area contributed by atoms with Crippen molar-refractivity contribution in [3.63, 3.8) is 0 Å². The third-order valence-electron chi connectivity index (χ3n) is 3.04. The molecule has 82 valence electrons. The average molecular weight is 213 g/mol. The van der Waals surface area contributed by atoms with E-state index in [-0.39, 0.29) is 0 Å². The number of H-pyrrole nitrogens is 1. The van der Waals surface area contributed by atoms with Crippen molar-refractivity contribution in [2.45, 2.75) is 13.3 Å². The van der Waals surface area contributed by atoms with Crippen molar-refractivity contribution >= 4 is 16.7 Å². The lowest BCUT2D eigenvalue weighted by Gasteiger charge is -2.24. The standard InChI is InChI=1S/C13H15N3/c1-10-5-6-11-13(15-10)12(9-14-11)16-7-3-2-4-8-16/h2-3,5-6,9,14H,4,7-8H2,1H3. The minimum Gasteiger partial charge on any atom is -0.365 e. The van der Waals surface area contributed by atoms with Gasteiger partial charge in [-0.15, -0.1) is 0 Å². The molecule has 1 aliphatic rings. The monoisotopic (exact) mass is 213 g/mol. The van der Waals surface area contributed by atoms with Gasteiger partial charge in [-0.05, 0) is 25.5 Å². The number of fused-ring (bicyclic) bond motifs is 1. The lowest BCUT2D eigenvalue weighted by molar-refractivity contribution is 0.823. The van der Waals surface area contributed by atoms with E-state index in [0.29, 0.717) is 0 Å². The van der Waals surface area contributed by atoms with Gasteiger partial charge in [0.2, 0.25) is 0 Å². The fourth-order valence-electron chi connectivity index (χ4n) is 2.18. The van der Waals surface area contributed by atoms with Crippen molar-refractivity contribution in [3.8, 4) is 0 Å². The summed E-state index contributed by atoms with van der Waals surface area (Å²) in [4.78, 5) is 10.3. The van der Waals surface area contributed by atoms with Crippen molar-refractivity contribution < 1.29 is 0 Å². The minimum atomic E-state index is 0.989. The second-order valence-electron chi connectivity index (χ2n) is 4.23. The predicted octanol–water partition coefficient (Wildman–Crippen LogP) is 2.64. The number of hydrogen-bond acceptors (Lipinski definition) is 2. The van der Waals surface area contributed by atoms with Crippen LogP contribution in [0.1, 0.15) is 12.1 Å². The van der Waals surface area contributed by atoms with Crippen LogP contribution in [-0.2, 0) is 0 Å². The summed E-state index contributed by atoms with van der Waals surface area (Å²) >= 11 is 0. The van der Waals surface area contributed by atoms with Gasteiger partial charge in [-0.2, -0.15) is 0 Å². The fraction of sp³-hybridized carbons (Fsp3) is 0.308. The van der Waals surface area contributed by atoms with Crippen LogP contribution in [0.2, 0.25) is 0 Å². The summed E-state index contributed by atoms with van der Waals surface area (Å²) in [5, 5.41) is 0. The SMILES string of the molecule is Cc1ccc2[nH]cc(N3CC=CCC3)c2n1. The number of aryl methyl sites for hydroxylation is 1. The van der Waals surface area contributed by atoms with Crippen LogP contribution in [-0.4, -0.2) is 23.1 Å². The largest absolute Gasteiger partial charge is 0.365 e. The first-order valence-corrected chi connectivity index (χ1v) is 5.69. The maximum absolute atomic E-state index is 4.61. The molecule has 0 saturated heterocycles. The van der Waals surface area contributed by atoms with Crippen molar-refractivity contribution in [1.29, 1.82) is 0 Å². The van der Waals surface area contributed by atoms with Gasteiger partial charge in [0.05, 0.1) is 11.2 Å². The maximum atomic E-state index is 4.61. The normalized spacial score (nSPS) is 15.9. The van der Waals surface area contributed by atoms with Crippen LogP contribution in [0.15, 0.2) is 30.5 Å². The molecule has 0 fully saturated rings. The van der Waals surface area contributed by atoms with Crippen LogP contribution < -0.4 is 4.90 Å². The highest BCUT2D eigenvalue weighted by molar-refractivity contribution is 5.89. The lowest BCUT2D eigenvalue weighted by atomic mass is 10.2. The van der Waals surface area contributed by atoms with Crippen molar-refractivity contribution in [1.82, 2.24) is 9.97 Å². The number of nitrogens with one attached hydrogen (secondary N) is 1. The quantitative estimate of drug-likeness (QED) is 0.738. The molecule has 1 aliphatic heterocycles. The third kappa shape index (κ3) is 1.48. The van der Waals surface area contributed by atoms with Gasteiger partial charge in [0.15, 0.2) is 0 Å². The number of aromatic nitrogens is 2. The molecule has 3 rings (SSSR count). The molecular formula is C13H15N3. The predicted molar refractivity (Wildman–Crippen MR) is 66.8 cm³/mol. The Morgan fingerprint density at radius 3 is 3.06 bits per heavy atom. The van der Waals surface area contributed by atoms with E-state index >= 15 is 0 Å². The first-order valence-electron chi connectivity index (χ1n) is 5.69. The van der Waals surface area contributed by atoms with Crippen LogP contribution in [0.3, 0.4) is 0 Å². The second kappa shape index (κ2) is 3.67. The molecular weight excluding hydrogens is 198 g/mol. The average Bonchev–Trinajstić information content (AvgIpc) is 2.73. The van der Waals surface area contributed by atoms with Crippen LogP contribution in [0.5, 0.6) is 0 Å². The summed E-state index contributed by atoms with van der Waals surface area (Å²) in [6.07, 6.45) is 7.65. The molecule has 0 amide bonds. The number of pyridine rings is 1. The summed E-state index contributed by atoms with van der Waals surface area (Å²) in [6.45, 7) is 4.11. The van der Waals surface area contributed by atoms with Gasteiger partial charge in [-0.1, -0.05) is 12.2 Å². The van der Waals surface area contributed by atoms with Gasteiger partial charge in [0.25, 0.3) is 0 Å². The van der Waals surface area contributed by atoms with Crippen LogP contribution >= 0.6 is 0 Å². The number of hydrogen-bond donors (Lipinski definition) is 1. The molecule has 0 atom stereocenters. The van der Waals surface area contributed by atoms with E-state index in [2.05, 4.69) is 39.3 Å². The van der Waals surface area contributed by atoms with E-state index in [4.69, 9.17) is 0 Å².